The number of hydrogen-bond donors (Lipinski definition) is 1. The summed E-state index contributed by atoms with van der Waals surface area (Å²) >= 11 is 0. The lowest BCUT2D eigenvalue weighted by Gasteiger charge is -2.11. The van der Waals surface area contributed by atoms with E-state index in [9.17, 15) is 4.79 Å². The van der Waals surface area contributed by atoms with E-state index in [4.69, 9.17) is 14.5 Å². The highest BCUT2D eigenvalue weighted by Crippen LogP contribution is 2.28. The Morgan fingerprint density at radius 3 is 2.52 bits per heavy atom. The fourth-order valence-electron chi connectivity index (χ4n) is 3.62. The monoisotopic (exact) mass is 415 g/mol. The molecule has 2 aromatic heterocycles. The van der Waals surface area contributed by atoms with Gasteiger partial charge in [0.25, 0.3) is 0 Å². The molecule has 2 heterocycles. The molecule has 0 aliphatic carbocycles. The van der Waals surface area contributed by atoms with Crippen LogP contribution in [-0.2, 0) is 17.8 Å². The number of aryl methyl sites for hydroxylation is 1. The van der Waals surface area contributed by atoms with Crippen LogP contribution >= 0.6 is 0 Å². The Bertz CT molecular complexity index is 1190. The highest BCUT2D eigenvalue weighted by Gasteiger charge is 2.15. The molecule has 0 fully saturated rings. The van der Waals surface area contributed by atoms with E-state index in [1.807, 2.05) is 72.9 Å². The average Bonchev–Trinajstić information content (AvgIpc) is 3.20. The molecule has 4 aromatic rings. The summed E-state index contributed by atoms with van der Waals surface area (Å²) in [5.41, 5.74) is 4.82. The standard InChI is InChI=1S/C25H25N3O3/c1-30-21-13-11-18(16-22(21)31-2)17-26-24(29)14-12-20-25(19-8-4-3-5-9-19)27-23-10-6-7-15-28(20)23/h3-11,13,15-16H,12,14,17H2,1-2H3,(H,26,29). The predicted molar refractivity (Wildman–Crippen MR) is 120 cm³/mol. The first kappa shape index (κ1) is 20.5. The van der Waals surface area contributed by atoms with Crippen LogP contribution in [0.2, 0.25) is 0 Å². The molecule has 158 valence electrons. The topological polar surface area (TPSA) is 64.9 Å². The molecule has 6 heteroatoms. The maximum atomic E-state index is 12.6. The van der Waals surface area contributed by atoms with Gasteiger partial charge in [-0.1, -0.05) is 42.5 Å². The summed E-state index contributed by atoms with van der Waals surface area (Å²) in [7, 11) is 3.20. The Balaban J connectivity index is 1.46. The molecular weight excluding hydrogens is 390 g/mol. The molecule has 6 nitrogen and oxygen atoms in total. The number of imidazole rings is 1. The van der Waals surface area contributed by atoms with Crippen LogP contribution in [-0.4, -0.2) is 29.5 Å². The number of methoxy groups -OCH3 is 2. The zero-order valence-corrected chi connectivity index (χ0v) is 17.7. The molecule has 31 heavy (non-hydrogen) atoms. The van der Waals surface area contributed by atoms with Gasteiger partial charge in [0.15, 0.2) is 11.5 Å². The van der Waals surface area contributed by atoms with E-state index in [1.54, 1.807) is 14.2 Å². The lowest BCUT2D eigenvalue weighted by molar-refractivity contribution is -0.121. The van der Waals surface area contributed by atoms with Crippen LogP contribution in [0.15, 0.2) is 72.9 Å². The number of pyridine rings is 1. The summed E-state index contributed by atoms with van der Waals surface area (Å²) in [4.78, 5) is 17.4. The van der Waals surface area contributed by atoms with Crippen molar-refractivity contribution in [2.45, 2.75) is 19.4 Å². The number of carbonyl (C=O) groups excluding carboxylic acids is 1. The van der Waals surface area contributed by atoms with Crippen molar-refractivity contribution in [2.75, 3.05) is 14.2 Å². The first-order valence-electron chi connectivity index (χ1n) is 10.2. The fourth-order valence-corrected chi connectivity index (χ4v) is 3.62. The molecule has 0 aliphatic rings. The fraction of sp³-hybridized carbons (Fsp3) is 0.200. The van der Waals surface area contributed by atoms with Crippen molar-refractivity contribution in [1.29, 1.82) is 0 Å². The number of hydrogen-bond acceptors (Lipinski definition) is 4. The first-order chi connectivity index (χ1) is 15.2. The quantitative estimate of drug-likeness (QED) is 0.467. The second kappa shape index (κ2) is 9.34. The Morgan fingerprint density at radius 1 is 0.968 bits per heavy atom. The van der Waals surface area contributed by atoms with Gasteiger partial charge in [-0.25, -0.2) is 4.98 Å². The molecule has 0 spiro atoms. The zero-order valence-electron chi connectivity index (χ0n) is 17.7. The summed E-state index contributed by atoms with van der Waals surface area (Å²) in [5.74, 6) is 1.30. The molecule has 2 aromatic carbocycles. The minimum atomic E-state index is -0.0142. The van der Waals surface area contributed by atoms with Crippen LogP contribution < -0.4 is 14.8 Å². The molecule has 1 amide bonds. The van der Waals surface area contributed by atoms with E-state index >= 15 is 0 Å². The Morgan fingerprint density at radius 2 is 1.74 bits per heavy atom. The van der Waals surface area contributed by atoms with Crippen LogP contribution in [0, 0.1) is 0 Å². The number of aromatic nitrogens is 2. The molecule has 0 saturated carbocycles. The normalized spacial score (nSPS) is 10.8. The molecule has 4 rings (SSSR count). The van der Waals surface area contributed by atoms with Crippen LogP contribution in [0.25, 0.3) is 16.9 Å². The summed E-state index contributed by atoms with van der Waals surface area (Å²) in [6.07, 6.45) is 2.95. The summed E-state index contributed by atoms with van der Waals surface area (Å²) in [6.45, 7) is 0.428. The van der Waals surface area contributed by atoms with Gasteiger partial charge in [-0.3, -0.25) is 4.79 Å². The Hall–Kier alpha value is -3.80. The van der Waals surface area contributed by atoms with Crippen LogP contribution in [0.3, 0.4) is 0 Å². The van der Waals surface area contributed by atoms with E-state index in [0.717, 1.165) is 28.2 Å². The number of amides is 1. The van der Waals surface area contributed by atoms with Crippen molar-refractivity contribution in [1.82, 2.24) is 14.7 Å². The summed E-state index contributed by atoms with van der Waals surface area (Å²) in [5, 5.41) is 2.99. The van der Waals surface area contributed by atoms with Gasteiger partial charge in [-0.05, 0) is 36.2 Å². The molecule has 0 aliphatic heterocycles. The third-order valence-corrected chi connectivity index (χ3v) is 5.20. The minimum absolute atomic E-state index is 0.0142. The third-order valence-electron chi connectivity index (χ3n) is 5.20. The van der Waals surface area contributed by atoms with Gasteiger partial charge in [-0.2, -0.15) is 0 Å². The summed E-state index contributed by atoms with van der Waals surface area (Å²) < 4.78 is 12.6. The number of carbonyl (C=O) groups is 1. The maximum absolute atomic E-state index is 12.6. The number of benzene rings is 2. The summed E-state index contributed by atoms with van der Waals surface area (Å²) in [6, 6.07) is 21.6. The number of rotatable bonds is 8. The number of nitrogens with one attached hydrogen (secondary N) is 1. The average molecular weight is 415 g/mol. The van der Waals surface area contributed by atoms with Crippen molar-refractivity contribution in [3.05, 3.63) is 84.2 Å². The van der Waals surface area contributed by atoms with Crippen molar-refractivity contribution < 1.29 is 14.3 Å². The highest BCUT2D eigenvalue weighted by atomic mass is 16.5. The molecular formula is C25H25N3O3. The van der Waals surface area contributed by atoms with Crippen LogP contribution in [0.5, 0.6) is 11.5 Å². The third kappa shape index (κ3) is 4.53. The smallest absolute Gasteiger partial charge is 0.220 e. The highest BCUT2D eigenvalue weighted by molar-refractivity contribution is 5.77. The molecule has 0 radical (unpaired) electrons. The van der Waals surface area contributed by atoms with Crippen LogP contribution in [0.1, 0.15) is 17.7 Å². The van der Waals surface area contributed by atoms with Gasteiger partial charge in [0.1, 0.15) is 5.65 Å². The first-order valence-corrected chi connectivity index (χ1v) is 10.2. The van der Waals surface area contributed by atoms with E-state index in [2.05, 4.69) is 9.72 Å². The largest absolute Gasteiger partial charge is 0.493 e. The van der Waals surface area contributed by atoms with Crippen molar-refractivity contribution in [3.63, 3.8) is 0 Å². The van der Waals surface area contributed by atoms with Gasteiger partial charge in [0, 0.05) is 24.7 Å². The van der Waals surface area contributed by atoms with Gasteiger partial charge in [-0.15, -0.1) is 0 Å². The molecule has 0 bridgehead atoms. The molecule has 0 unspecified atom stereocenters. The van der Waals surface area contributed by atoms with Crippen molar-refractivity contribution >= 4 is 11.6 Å². The van der Waals surface area contributed by atoms with E-state index < -0.39 is 0 Å². The van der Waals surface area contributed by atoms with Gasteiger partial charge < -0.3 is 19.2 Å². The van der Waals surface area contributed by atoms with Crippen molar-refractivity contribution in [2.24, 2.45) is 0 Å². The van der Waals surface area contributed by atoms with Gasteiger partial charge in [0.05, 0.1) is 25.6 Å². The Labute approximate surface area is 181 Å². The number of nitrogens with zero attached hydrogens (tertiary/aromatic N) is 2. The number of fused-ring (bicyclic) bond motifs is 1. The second-order valence-electron chi connectivity index (χ2n) is 7.17. The lowest BCUT2D eigenvalue weighted by Crippen LogP contribution is -2.23. The minimum Gasteiger partial charge on any atom is -0.493 e. The Kier molecular flexibility index (Phi) is 6.17. The van der Waals surface area contributed by atoms with Crippen LogP contribution in [0.4, 0.5) is 0 Å². The SMILES string of the molecule is COc1ccc(CNC(=O)CCc2c(-c3ccccc3)nc3ccccn23)cc1OC. The molecule has 0 saturated heterocycles. The van der Waals surface area contributed by atoms with Crippen molar-refractivity contribution in [3.8, 4) is 22.8 Å². The van der Waals surface area contributed by atoms with E-state index in [-0.39, 0.29) is 5.91 Å². The molecule has 1 N–H and O–H groups in total. The second-order valence-corrected chi connectivity index (χ2v) is 7.17. The van der Waals surface area contributed by atoms with Gasteiger partial charge in [0.2, 0.25) is 5.91 Å². The zero-order chi connectivity index (χ0) is 21.6. The van der Waals surface area contributed by atoms with Gasteiger partial charge >= 0.3 is 0 Å². The van der Waals surface area contributed by atoms with E-state index in [0.29, 0.717) is 30.9 Å². The molecule has 0 atom stereocenters. The lowest BCUT2D eigenvalue weighted by atomic mass is 10.1. The number of ether oxygens (including phenoxy) is 2. The van der Waals surface area contributed by atoms with E-state index in [1.165, 1.54) is 0 Å². The predicted octanol–water partition coefficient (Wildman–Crippen LogP) is 4.27. The maximum Gasteiger partial charge on any atom is 0.220 e.